The molecule has 0 saturated heterocycles. The van der Waals surface area contributed by atoms with Crippen LogP contribution in [0.5, 0.6) is 0 Å². The largest absolute Gasteiger partial charge is 0.462 e. The Morgan fingerprint density at radius 3 is 1.12 bits per heavy atom. The predicted molar refractivity (Wildman–Crippen MR) is 288 cm³/mol. The molecule has 5 heteroatoms. The minimum Gasteiger partial charge on any atom is -0.462 e. The molecule has 0 aromatic carbocycles. The Kier molecular flexibility index (Phi) is 53.4. The normalized spacial score (nSPS) is 13.0. The molecule has 0 aliphatic heterocycles. The van der Waals surface area contributed by atoms with Crippen LogP contribution in [0, 0.1) is 0 Å². The van der Waals surface area contributed by atoms with Crippen molar-refractivity contribution in [3.05, 3.63) is 97.2 Å². The summed E-state index contributed by atoms with van der Waals surface area (Å²) in [5.74, 6) is -0.435. The van der Waals surface area contributed by atoms with Crippen LogP contribution in [0.25, 0.3) is 0 Å². The molecule has 0 heterocycles. The molecular weight excluding hydrogens is 813 g/mol. The van der Waals surface area contributed by atoms with Gasteiger partial charge >= 0.3 is 11.9 Å². The van der Waals surface area contributed by atoms with E-state index in [-0.39, 0.29) is 25.2 Å². The van der Waals surface area contributed by atoms with Crippen LogP contribution >= 0.6 is 0 Å². The van der Waals surface area contributed by atoms with Crippen molar-refractivity contribution in [2.75, 3.05) is 19.8 Å². The third-order valence-electron chi connectivity index (χ3n) is 11.6. The zero-order valence-corrected chi connectivity index (χ0v) is 43.4. The van der Waals surface area contributed by atoms with Crippen molar-refractivity contribution in [1.82, 2.24) is 0 Å². The average Bonchev–Trinajstić information content (AvgIpc) is 3.32. The van der Waals surface area contributed by atoms with Crippen molar-refractivity contribution in [3.63, 3.8) is 0 Å². The van der Waals surface area contributed by atoms with Gasteiger partial charge in [-0.25, -0.2) is 0 Å². The number of esters is 2. The van der Waals surface area contributed by atoms with Crippen LogP contribution in [0.3, 0.4) is 0 Å². The average molecular weight is 917 g/mol. The zero-order chi connectivity index (χ0) is 47.7. The maximum Gasteiger partial charge on any atom is 0.306 e. The van der Waals surface area contributed by atoms with E-state index >= 15 is 0 Å². The summed E-state index contributed by atoms with van der Waals surface area (Å²) in [6.07, 6.45) is 75.7. The SMILES string of the molecule is CC/C=C\C/C=C\C/C=C\C/C=C\C/C=C\C/C=C\CCCOCC(COC(=O)CCCCCCCCC/C=C\C/C=C\CCCCC)OC(=O)CCCCCCCCCCCCCCC. The monoisotopic (exact) mass is 917 g/mol. The van der Waals surface area contributed by atoms with Crippen molar-refractivity contribution in [2.45, 2.75) is 258 Å². The molecule has 66 heavy (non-hydrogen) atoms. The van der Waals surface area contributed by atoms with Crippen LogP contribution in [-0.2, 0) is 23.8 Å². The van der Waals surface area contributed by atoms with E-state index in [1.807, 2.05) is 0 Å². The number of hydrogen-bond acceptors (Lipinski definition) is 5. The number of carbonyl (C=O) groups is 2. The molecule has 0 rings (SSSR count). The van der Waals surface area contributed by atoms with E-state index in [9.17, 15) is 9.59 Å². The zero-order valence-electron chi connectivity index (χ0n) is 43.4. The summed E-state index contributed by atoms with van der Waals surface area (Å²) in [5, 5.41) is 0. The van der Waals surface area contributed by atoms with Gasteiger partial charge in [-0.05, 0) is 96.3 Å². The smallest absolute Gasteiger partial charge is 0.306 e. The Morgan fingerprint density at radius 2 is 0.682 bits per heavy atom. The second kappa shape index (κ2) is 56.1. The van der Waals surface area contributed by atoms with Gasteiger partial charge in [0.1, 0.15) is 6.61 Å². The van der Waals surface area contributed by atoms with E-state index in [1.165, 1.54) is 128 Å². The van der Waals surface area contributed by atoms with Gasteiger partial charge in [0.2, 0.25) is 0 Å². The second-order valence-corrected chi connectivity index (χ2v) is 18.1. The molecule has 0 aliphatic carbocycles. The molecule has 0 N–H and O–H groups in total. The number of ether oxygens (including phenoxy) is 3. The van der Waals surface area contributed by atoms with Crippen molar-refractivity contribution in [2.24, 2.45) is 0 Å². The van der Waals surface area contributed by atoms with Crippen molar-refractivity contribution >= 4 is 11.9 Å². The van der Waals surface area contributed by atoms with E-state index in [0.717, 1.165) is 89.9 Å². The highest BCUT2D eigenvalue weighted by atomic mass is 16.6. The molecule has 0 fully saturated rings. The van der Waals surface area contributed by atoms with Gasteiger partial charge in [0.25, 0.3) is 0 Å². The minimum absolute atomic E-state index is 0.0556. The highest BCUT2D eigenvalue weighted by Crippen LogP contribution is 2.15. The van der Waals surface area contributed by atoms with Crippen LogP contribution in [0.1, 0.15) is 252 Å². The van der Waals surface area contributed by atoms with Crippen molar-refractivity contribution < 1.29 is 23.8 Å². The molecule has 0 bridgehead atoms. The number of hydrogen-bond donors (Lipinski definition) is 0. The quantitative estimate of drug-likeness (QED) is 0.0346. The molecule has 378 valence electrons. The molecule has 0 saturated carbocycles. The fourth-order valence-corrected chi connectivity index (χ4v) is 7.50. The Labute approximate surface area is 409 Å². The fourth-order valence-electron chi connectivity index (χ4n) is 7.50. The molecular formula is C61H104O5. The Hall–Kier alpha value is -3.18. The molecule has 0 spiro atoms. The summed E-state index contributed by atoms with van der Waals surface area (Å²) in [6, 6.07) is 0. The number of allylic oxidation sites excluding steroid dienone is 16. The van der Waals surface area contributed by atoms with Crippen molar-refractivity contribution in [3.8, 4) is 0 Å². The lowest BCUT2D eigenvalue weighted by Gasteiger charge is -2.18. The molecule has 5 nitrogen and oxygen atoms in total. The summed E-state index contributed by atoms with van der Waals surface area (Å²) < 4.78 is 17.4. The summed E-state index contributed by atoms with van der Waals surface area (Å²) in [4.78, 5) is 25.5. The minimum atomic E-state index is -0.573. The first-order chi connectivity index (χ1) is 32.6. The Balaban J connectivity index is 4.38. The van der Waals surface area contributed by atoms with E-state index in [2.05, 4.69) is 118 Å². The second-order valence-electron chi connectivity index (χ2n) is 18.1. The first-order valence-corrected chi connectivity index (χ1v) is 27.8. The molecule has 1 unspecified atom stereocenters. The highest BCUT2D eigenvalue weighted by molar-refractivity contribution is 5.70. The summed E-state index contributed by atoms with van der Waals surface area (Å²) in [7, 11) is 0. The number of carbonyl (C=O) groups excluding carboxylic acids is 2. The standard InChI is InChI=1S/C61H104O5/c1-4-7-10-13-16-19-22-25-27-29-30-31-33-35-38-41-44-47-50-53-56-64-57-59(66-61(63)55-52-49-46-43-40-36-24-21-18-15-12-9-6-3)58-65-60(62)54-51-48-45-42-39-37-34-32-28-26-23-20-17-14-11-8-5-2/h7,10,16-17,19-20,25-28,30-31,35,38,44,47,59H,4-6,8-9,11-15,18,21-24,29,32-34,36-37,39-43,45-46,48-58H2,1-3H3/b10-7-,19-16-,20-17-,27-25-,28-26-,31-30-,38-35-,47-44-. The van der Waals surface area contributed by atoms with Crippen LogP contribution in [0.15, 0.2) is 97.2 Å². The van der Waals surface area contributed by atoms with Gasteiger partial charge in [-0.15, -0.1) is 0 Å². The van der Waals surface area contributed by atoms with Gasteiger partial charge in [0, 0.05) is 19.4 Å². The third kappa shape index (κ3) is 53.4. The Bertz CT molecular complexity index is 1270. The van der Waals surface area contributed by atoms with Gasteiger partial charge in [0.05, 0.1) is 6.61 Å². The van der Waals surface area contributed by atoms with Gasteiger partial charge < -0.3 is 14.2 Å². The van der Waals surface area contributed by atoms with Gasteiger partial charge in [0.15, 0.2) is 6.10 Å². The maximum atomic E-state index is 12.8. The molecule has 0 aromatic rings. The van der Waals surface area contributed by atoms with Crippen LogP contribution in [0.4, 0.5) is 0 Å². The number of unbranched alkanes of at least 4 members (excludes halogenated alkanes) is 23. The first-order valence-electron chi connectivity index (χ1n) is 27.8. The lowest BCUT2D eigenvalue weighted by atomic mass is 10.0. The first kappa shape index (κ1) is 62.8. The van der Waals surface area contributed by atoms with E-state index in [1.54, 1.807) is 0 Å². The lowest BCUT2D eigenvalue weighted by molar-refractivity contribution is -0.163. The molecule has 0 aliphatic rings. The van der Waals surface area contributed by atoms with Gasteiger partial charge in [-0.2, -0.15) is 0 Å². The van der Waals surface area contributed by atoms with Crippen LogP contribution in [0.2, 0.25) is 0 Å². The van der Waals surface area contributed by atoms with Gasteiger partial charge in [-0.1, -0.05) is 240 Å². The topological polar surface area (TPSA) is 61.8 Å². The highest BCUT2D eigenvalue weighted by Gasteiger charge is 2.17. The number of rotatable bonds is 50. The summed E-state index contributed by atoms with van der Waals surface area (Å²) in [6.45, 7) is 7.55. The molecule has 0 amide bonds. The Morgan fingerprint density at radius 1 is 0.348 bits per heavy atom. The molecule has 1 atom stereocenters. The summed E-state index contributed by atoms with van der Waals surface area (Å²) >= 11 is 0. The fraction of sp³-hybridized carbons (Fsp3) is 0.705. The predicted octanol–water partition coefficient (Wildman–Crippen LogP) is 19.0. The molecule has 0 aromatic heterocycles. The summed E-state index contributed by atoms with van der Waals surface area (Å²) in [5.41, 5.74) is 0. The van der Waals surface area contributed by atoms with Crippen LogP contribution < -0.4 is 0 Å². The third-order valence-corrected chi connectivity index (χ3v) is 11.6. The van der Waals surface area contributed by atoms with E-state index in [0.29, 0.717) is 19.4 Å². The maximum absolute atomic E-state index is 12.8. The molecule has 0 radical (unpaired) electrons. The van der Waals surface area contributed by atoms with Crippen molar-refractivity contribution in [1.29, 1.82) is 0 Å². The lowest BCUT2D eigenvalue weighted by Crippen LogP contribution is -2.30. The van der Waals surface area contributed by atoms with Crippen LogP contribution in [-0.4, -0.2) is 37.9 Å². The van der Waals surface area contributed by atoms with E-state index < -0.39 is 6.10 Å². The van der Waals surface area contributed by atoms with E-state index in [4.69, 9.17) is 14.2 Å². The van der Waals surface area contributed by atoms with Gasteiger partial charge in [-0.3, -0.25) is 9.59 Å².